The van der Waals surface area contributed by atoms with E-state index in [0.717, 1.165) is 19.0 Å². The number of rotatable bonds is 6. The van der Waals surface area contributed by atoms with Crippen molar-refractivity contribution in [3.05, 3.63) is 11.6 Å². The lowest BCUT2D eigenvalue weighted by molar-refractivity contribution is -0.162. The lowest BCUT2D eigenvalue weighted by atomic mass is 9.60. The van der Waals surface area contributed by atoms with E-state index in [1.807, 2.05) is 0 Å². The van der Waals surface area contributed by atoms with Crippen LogP contribution in [0.3, 0.4) is 0 Å². The summed E-state index contributed by atoms with van der Waals surface area (Å²) in [6.07, 6.45) is 9.61. The van der Waals surface area contributed by atoms with Crippen molar-refractivity contribution in [3.63, 3.8) is 0 Å². The van der Waals surface area contributed by atoms with E-state index in [1.54, 1.807) is 0 Å². The van der Waals surface area contributed by atoms with Gasteiger partial charge in [-0.15, -0.1) is 10.2 Å². The molecule has 1 aromatic rings. The molecule has 0 radical (unpaired) electrons. The van der Waals surface area contributed by atoms with E-state index in [4.69, 9.17) is 4.74 Å². The van der Waals surface area contributed by atoms with Crippen LogP contribution in [0.4, 0.5) is 0 Å². The molecule has 5 heteroatoms. The van der Waals surface area contributed by atoms with E-state index >= 15 is 0 Å². The smallest absolute Gasteiger partial charge is 0.146 e. The van der Waals surface area contributed by atoms with Crippen LogP contribution < -0.4 is 0 Å². The first-order valence-corrected chi connectivity index (χ1v) is 9.35. The topological polar surface area (TPSA) is 43.2 Å². The summed E-state index contributed by atoms with van der Waals surface area (Å²) in [5.74, 6) is 2.96. The van der Waals surface area contributed by atoms with Crippen molar-refractivity contribution in [1.29, 1.82) is 0 Å². The zero-order valence-corrected chi connectivity index (χ0v) is 14.8. The predicted molar refractivity (Wildman–Crippen MR) is 89.2 cm³/mol. The van der Waals surface area contributed by atoms with Crippen molar-refractivity contribution < 1.29 is 4.74 Å². The fourth-order valence-electron chi connectivity index (χ4n) is 5.01. The Morgan fingerprint density at radius 1 is 1.26 bits per heavy atom. The Morgan fingerprint density at radius 3 is 2.65 bits per heavy atom. The molecule has 1 heterocycles. The average Bonchev–Trinajstić information content (AvgIpc) is 3.10. The minimum absolute atomic E-state index is 0.405. The molecule has 0 aliphatic heterocycles. The van der Waals surface area contributed by atoms with Crippen LogP contribution in [0.5, 0.6) is 0 Å². The average molecular weight is 318 g/mol. The highest BCUT2D eigenvalue weighted by molar-refractivity contribution is 5.12. The lowest BCUT2D eigenvalue weighted by Crippen LogP contribution is -2.62. The normalized spacial score (nSPS) is 29.4. The van der Waals surface area contributed by atoms with Gasteiger partial charge in [0.05, 0.1) is 12.6 Å². The maximum atomic E-state index is 6.05. The summed E-state index contributed by atoms with van der Waals surface area (Å²) in [6.45, 7) is 3.87. The second-order valence-electron chi connectivity index (χ2n) is 7.86. The molecule has 2 atom stereocenters. The van der Waals surface area contributed by atoms with Crippen molar-refractivity contribution >= 4 is 0 Å². The van der Waals surface area contributed by atoms with Gasteiger partial charge in [-0.2, -0.15) is 0 Å². The van der Waals surface area contributed by atoms with Gasteiger partial charge in [-0.05, 0) is 46.1 Å². The van der Waals surface area contributed by atoms with Crippen LogP contribution in [0.1, 0.15) is 69.4 Å². The van der Waals surface area contributed by atoms with Gasteiger partial charge in [0, 0.05) is 31.0 Å². The Hall–Kier alpha value is -0.940. The Kier molecular flexibility index (Phi) is 3.96. The van der Waals surface area contributed by atoms with Gasteiger partial charge in [0.15, 0.2) is 0 Å². The minimum Gasteiger partial charge on any atom is -0.378 e. The van der Waals surface area contributed by atoms with Gasteiger partial charge >= 0.3 is 0 Å². The van der Waals surface area contributed by atoms with Crippen LogP contribution in [0.2, 0.25) is 0 Å². The molecule has 128 valence electrons. The highest BCUT2D eigenvalue weighted by Gasteiger charge is 2.57. The molecule has 3 saturated carbocycles. The summed E-state index contributed by atoms with van der Waals surface area (Å²) in [4.78, 5) is 2.52. The number of ether oxygens (including phenoxy) is 1. The zero-order valence-electron chi connectivity index (χ0n) is 14.8. The Morgan fingerprint density at radius 2 is 2.00 bits per heavy atom. The third-order valence-corrected chi connectivity index (χ3v) is 6.51. The Balaban J connectivity index is 1.45. The minimum atomic E-state index is 0.405. The van der Waals surface area contributed by atoms with Crippen molar-refractivity contribution in [2.75, 3.05) is 13.7 Å². The summed E-state index contributed by atoms with van der Waals surface area (Å²) in [7, 11) is 4.39. The predicted octanol–water partition coefficient (Wildman–Crippen LogP) is 2.86. The van der Waals surface area contributed by atoms with Crippen molar-refractivity contribution in [1.82, 2.24) is 19.7 Å². The molecule has 0 bridgehead atoms. The van der Waals surface area contributed by atoms with Crippen molar-refractivity contribution in [2.24, 2.45) is 12.5 Å². The van der Waals surface area contributed by atoms with Crippen LogP contribution in [0.15, 0.2) is 0 Å². The first kappa shape index (κ1) is 15.6. The van der Waals surface area contributed by atoms with Crippen LogP contribution in [-0.2, 0) is 18.3 Å². The third kappa shape index (κ3) is 2.52. The number of hydrogen-bond donors (Lipinski definition) is 0. The fraction of sp³-hybridized carbons (Fsp3) is 0.889. The molecular formula is C18H30N4O. The first-order chi connectivity index (χ1) is 11.2. The summed E-state index contributed by atoms with van der Waals surface area (Å²) < 4.78 is 8.28. The molecule has 23 heavy (non-hydrogen) atoms. The van der Waals surface area contributed by atoms with E-state index in [2.05, 4.69) is 40.7 Å². The van der Waals surface area contributed by atoms with Crippen LogP contribution >= 0.6 is 0 Å². The molecule has 1 spiro atoms. The molecule has 0 amide bonds. The molecule has 1 aromatic heterocycles. The van der Waals surface area contributed by atoms with Crippen molar-refractivity contribution in [3.8, 4) is 0 Å². The van der Waals surface area contributed by atoms with E-state index in [-0.39, 0.29) is 0 Å². The first-order valence-electron chi connectivity index (χ1n) is 9.35. The monoisotopic (exact) mass is 318 g/mol. The number of nitrogens with zero attached hydrogens (tertiary/aromatic N) is 4. The quantitative estimate of drug-likeness (QED) is 0.809. The van der Waals surface area contributed by atoms with Crippen molar-refractivity contribution in [2.45, 2.75) is 76.5 Å². The molecular weight excluding hydrogens is 288 g/mol. The molecule has 5 nitrogen and oxygen atoms in total. The van der Waals surface area contributed by atoms with Gasteiger partial charge in [0.1, 0.15) is 11.6 Å². The Labute approximate surface area is 139 Å². The molecule has 0 N–H and O–H groups in total. The van der Waals surface area contributed by atoms with E-state index in [9.17, 15) is 0 Å². The van der Waals surface area contributed by atoms with Gasteiger partial charge in [0.25, 0.3) is 0 Å². The van der Waals surface area contributed by atoms with E-state index in [1.165, 1.54) is 50.8 Å². The van der Waals surface area contributed by atoms with Gasteiger partial charge in [-0.3, -0.25) is 4.90 Å². The van der Waals surface area contributed by atoms with E-state index in [0.29, 0.717) is 23.5 Å². The van der Waals surface area contributed by atoms with Crippen LogP contribution in [-0.4, -0.2) is 45.5 Å². The van der Waals surface area contributed by atoms with Gasteiger partial charge in [-0.25, -0.2) is 0 Å². The summed E-state index contributed by atoms with van der Waals surface area (Å²) in [5, 5.41) is 8.90. The molecule has 0 aromatic carbocycles. The SMILES string of the molecule is CCO[C@@H]1C[C@@H](N(C)Cc2nnc(C3CC3)n2C)C12CCCC2. The summed E-state index contributed by atoms with van der Waals surface area (Å²) in [5.41, 5.74) is 0.405. The molecule has 3 aliphatic rings. The second-order valence-corrected chi connectivity index (χ2v) is 7.86. The standard InChI is InChI=1S/C18H30N4O/c1-4-23-15-11-14(18(15)9-5-6-10-18)21(2)12-16-19-20-17(22(16)3)13-7-8-13/h13-15H,4-12H2,1-3H3/t14-,15-/m1/s1. The van der Waals surface area contributed by atoms with Crippen LogP contribution in [0.25, 0.3) is 0 Å². The molecule has 0 unspecified atom stereocenters. The maximum Gasteiger partial charge on any atom is 0.146 e. The number of hydrogen-bond acceptors (Lipinski definition) is 4. The van der Waals surface area contributed by atoms with E-state index < -0.39 is 0 Å². The highest BCUT2D eigenvalue weighted by Crippen LogP contribution is 2.56. The third-order valence-electron chi connectivity index (χ3n) is 6.51. The lowest BCUT2D eigenvalue weighted by Gasteiger charge is -2.57. The van der Waals surface area contributed by atoms with Crippen LogP contribution in [0, 0.1) is 5.41 Å². The molecule has 4 rings (SSSR count). The second kappa shape index (κ2) is 5.85. The largest absolute Gasteiger partial charge is 0.378 e. The highest BCUT2D eigenvalue weighted by atomic mass is 16.5. The molecule has 3 fully saturated rings. The summed E-state index contributed by atoms with van der Waals surface area (Å²) in [6, 6.07) is 0.641. The molecule has 0 saturated heterocycles. The number of aromatic nitrogens is 3. The maximum absolute atomic E-state index is 6.05. The zero-order chi connectivity index (χ0) is 16.0. The van der Waals surface area contributed by atoms with Gasteiger partial charge < -0.3 is 9.30 Å². The van der Waals surface area contributed by atoms with Gasteiger partial charge in [0.2, 0.25) is 0 Å². The fourth-order valence-corrected chi connectivity index (χ4v) is 5.01. The Bertz CT molecular complexity index is 559. The molecule has 3 aliphatic carbocycles. The van der Waals surface area contributed by atoms with Gasteiger partial charge in [-0.1, -0.05) is 12.8 Å². The summed E-state index contributed by atoms with van der Waals surface area (Å²) >= 11 is 0.